The Bertz CT molecular complexity index is 694. The van der Waals surface area contributed by atoms with E-state index in [-0.39, 0.29) is 11.9 Å². The zero-order valence-electron chi connectivity index (χ0n) is 15.0. The molecule has 0 radical (unpaired) electrons. The van der Waals surface area contributed by atoms with E-state index in [0.717, 1.165) is 43.1 Å². The van der Waals surface area contributed by atoms with Crippen LogP contribution < -0.4 is 9.62 Å². The molecule has 0 aromatic heterocycles. The standard InChI is InChI=1S/C18H28N2O3S/c1-5-17(18(21)19-15-8-6-7-9-15)20(24(4,22)23)16-11-10-13(2)14(3)12-16/h10-12,15,17H,5-9H2,1-4H3,(H,19,21)/t17-/m1/s1. The van der Waals surface area contributed by atoms with E-state index in [0.29, 0.717) is 12.1 Å². The molecule has 1 amide bonds. The van der Waals surface area contributed by atoms with E-state index < -0.39 is 16.1 Å². The van der Waals surface area contributed by atoms with E-state index in [1.54, 1.807) is 6.07 Å². The van der Waals surface area contributed by atoms with Gasteiger partial charge in [-0.15, -0.1) is 0 Å². The van der Waals surface area contributed by atoms with Crippen molar-refractivity contribution in [1.29, 1.82) is 0 Å². The largest absolute Gasteiger partial charge is 0.352 e. The summed E-state index contributed by atoms with van der Waals surface area (Å²) in [6.07, 6.45) is 5.78. The van der Waals surface area contributed by atoms with E-state index >= 15 is 0 Å². The predicted molar refractivity (Wildman–Crippen MR) is 97.7 cm³/mol. The normalized spacial score (nSPS) is 16.8. The number of benzene rings is 1. The van der Waals surface area contributed by atoms with Crippen LogP contribution in [0, 0.1) is 13.8 Å². The van der Waals surface area contributed by atoms with E-state index in [1.807, 2.05) is 32.9 Å². The monoisotopic (exact) mass is 352 g/mol. The van der Waals surface area contributed by atoms with E-state index in [2.05, 4.69) is 5.32 Å². The fourth-order valence-electron chi connectivity index (χ4n) is 3.29. The van der Waals surface area contributed by atoms with Gasteiger partial charge in [0.1, 0.15) is 6.04 Å². The van der Waals surface area contributed by atoms with Crippen molar-refractivity contribution in [3.8, 4) is 0 Å². The highest BCUT2D eigenvalue weighted by Crippen LogP contribution is 2.26. The maximum atomic E-state index is 12.7. The average Bonchev–Trinajstić information content (AvgIpc) is 2.99. The van der Waals surface area contributed by atoms with Gasteiger partial charge in [-0.2, -0.15) is 0 Å². The van der Waals surface area contributed by atoms with Gasteiger partial charge in [0, 0.05) is 6.04 Å². The molecule has 5 nitrogen and oxygen atoms in total. The molecular formula is C18H28N2O3S. The number of anilines is 1. The summed E-state index contributed by atoms with van der Waals surface area (Å²) >= 11 is 0. The summed E-state index contributed by atoms with van der Waals surface area (Å²) in [6.45, 7) is 5.77. The topological polar surface area (TPSA) is 66.5 Å². The third kappa shape index (κ3) is 4.29. The molecule has 1 fully saturated rings. The van der Waals surface area contributed by atoms with E-state index in [1.165, 1.54) is 4.31 Å². The van der Waals surface area contributed by atoms with Gasteiger partial charge in [-0.3, -0.25) is 9.10 Å². The Labute approximate surface area is 145 Å². The number of hydrogen-bond donors (Lipinski definition) is 1. The second-order valence-electron chi connectivity index (χ2n) is 6.74. The lowest BCUT2D eigenvalue weighted by Gasteiger charge is -2.31. The third-order valence-corrected chi connectivity index (χ3v) is 5.96. The molecule has 1 N–H and O–H groups in total. The molecule has 0 saturated heterocycles. The van der Waals surface area contributed by atoms with Crippen molar-refractivity contribution in [3.05, 3.63) is 29.3 Å². The van der Waals surface area contributed by atoms with Crippen molar-refractivity contribution in [2.24, 2.45) is 0 Å². The molecule has 1 saturated carbocycles. The van der Waals surface area contributed by atoms with Crippen LogP contribution in [0.4, 0.5) is 5.69 Å². The molecule has 0 unspecified atom stereocenters. The summed E-state index contributed by atoms with van der Waals surface area (Å²) in [4.78, 5) is 12.7. The molecule has 134 valence electrons. The Hall–Kier alpha value is -1.56. The first-order chi connectivity index (χ1) is 11.2. The Balaban J connectivity index is 2.33. The zero-order chi connectivity index (χ0) is 17.9. The smallest absolute Gasteiger partial charge is 0.244 e. The molecule has 1 aliphatic carbocycles. The van der Waals surface area contributed by atoms with Crippen molar-refractivity contribution >= 4 is 21.6 Å². The van der Waals surface area contributed by atoms with E-state index in [9.17, 15) is 13.2 Å². The van der Waals surface area contributed by atoms with Gasteiger partial charge < -0.3 is 5.32 Å². The minimum atomic E-state index is -3.57. The molecule has 0 bridgehead atoms. The molecule has 0 spiro atoms. The van der Waals surface area contributed by atoms with Crippen LogP contribution in [0.3, 0.4) is 0 Å². The number of amides is 1. The van der Waals surface area contributed by atoms with Crippen LogP contribution in [0.15, 0.2) is 18.2 Å². The third-order valence-electron chi connectivity index (χ3n) is 4.78. The van der Waals surface area contributed by atoms with Gasteiger partial charge in [0.25, 0.3) is 0 Å². The van der Waals surface area contributed by atoms with Gasteiger partial charge in [-0.05, 0) is 56.4 Å². The summed E-state index contributed by atoms with van der Waals surface area (Å²) in [5, 5.41) is 3.03. The highest BCUT2D eigenvalue weighted by Gasteiger charge is 2.33. The number of nitrogens with one attached hydrogen (secondary N) is 1. The van der Waals surface area contributed by atoms with Gasteiger partial charge in [0.2, 0.25) is 15.9 Å². The minimum absolute atomic E-state index is 0.174. The first kappa shape index (κ1) is 18.8. The molecule has 1 aliphatic rings. The van der Waals surface area contributed by atoms with Gasteiger partial charge in [-0.1, -0.05) is 25.8 Å². The van der Waals surface area contributed by atoms with E-state index in [4.69, 9.17) is 0 Å². The number of sulfonamides is 1. The lowest BCUT2D eigenvalue weighted by molar-refractivity contribution is -0.122. The van der Waals surface area contributed by atoms with Crippen molar-refractivity contribution in [2.45, 2.75) is 65.0 Å². The molecule has 24 heavy (non-hydrogen) atoms. The summed E-state index contributed by atoms with van der Waals surface area (Å²) in [7, 11) is -3.57. The van der Waals surface area contributed by atoms with Crippen molar-refractivity contribution in [2.75, 3.05) is 10.6 Å². The van der Waals surface area contributed by atoms with Crippen molar-refractivity contribution in [1.82, 2.24) is 5.32 Å². The summed E-state index contributed by atoms with van der Waals surface area (Å²) in [6, 6.07) is 4.96. The number of rotatable bonds is 6. The van der Waals surface area contributed by atoms with Crippen LogP contribution >= 0.6 is 0 Å². The second kappa shape index (κ2) is 7.55. The second-order valence-corrected chi connectivity index (χ2v) is 8.60. The molecule has 2 rings (SSSR count). The number of carbonyl (C=O) groups is 1. The van der Waals surface area contributed by atoms with Gasteiger partial charge in [-0.25, -0.2) is 8.42 Å². The van der Waals surface area contributed by atoms with Crippen molar-refractivity contribution in [3.63, 3.8) is 0 Å². The van der Waals surface area contributed by atoms with Gasteiger partial charge in [0.05, 0.1) is 11.9 Å². The molecule has 1 aromatic carbocycles. The highest BCUT2D eigenvalue weighted by atomic mass is 32.2. The lowest BCUT2D eigenvalue weighted by atomic mass is 10.1. The molecule has 1 atom stereocenters. The van der Waals surface area contributed by atoms with Crippen LogP contribution in [0.1, 0.15) is 50.2 Å². The van der Waals surface area contributed by atoms with Crippen LogP contribution in [0.25, 0.3) is 0 Å². The molecule has 0 aliphatic heterocycles. The summed E-state index contributed by atoms with van der Waals surface area (Å²) < 4.78 is 26.1. The summed E-state index contributed by atoms with van der Waals surface area (Å²) in [5.74, 6) is -0.201. The Morgan fingerprint density at radius 3 is 2.38 bits per heavy atom. The number of aryl methyl sites for hydroxylation is 2. The quantitative estimate of drug-likeness (QED) is 0.856. The average molecular weight is 353 g/mol. The number of hydrogen-bond acceptors (Lipinski definition) is 3. The molecule has 0 heterocycles. The maximum Gasteiger partial charge on any atom is 0.244 e. The lowest BCUT2D eigenvalue weighted by Crippen LogP contribution is -2.51. The predicted octanol–water partition coefficient (Wildman–Crippen LogP) is 2.91. The van der Waals surface area contributed by atoms with Crippen LogP contribution in [-0.4, -0.2) is 32.7 Å². The van der Waals surface area contributed by atoms with Crippen LogP contribution in [0.2, 0.25) is 0 Å². The van der Waals surface area contributed by atoms with Crippen LogP contribution in [0.5, 0.6) is 0 Å². The Kier molecular flexibility index (Phi) is 5.91. The molecule has 6 heteroatoms. The minimum Gasteiger partial charge on any atom is -0.352 e. The van der Waals surface area contributed by atoms with Crippen molar-refractivity contribution < 1.29 is 13.2 Å². The SMILES string of the molecule is CC[C@H](C(=O)NC1CCCC1)N(c1ccc(C)c(C)c1)S(C)(=O)=O. The Morgan fingerprint density at radius 2 is 1.88 bits per heavy atom. The fraction of sp³-hybridized carbons (Fsp3) is 0.611. The first-order valence-corrected chi connectivity index (χ1v) is 10.5. The number of nitrogens with zero attached hydrogens (tertiary/aromatic N) is 1. The fourth-order valence-corrected chi connectivity index (χ4v) is 4.49. The van der Waals surface area contributed by atoms with Gasteiger partial charge >= 0.3 is 0 Å². The Morgan fingerprint density at radius 1 is 1.25 bits per heavy atom. The zero-order valence-corrected chi connectivity index (χ0v) is 15.8. The molecule has 1 aromatic rings. The summed E-state index contributed by atoms with van der Waals surface area (Å²) in [5.41, 5.74) is 2.65. The number of carbonyl (C=O) groups excluding carboxylic acids is 1. The maximum absolute atomic E-state index is 12.7. The molecular weight excluding hydrogens is 324 g/mol. The first-order valence-electron chi connectivity index (χ1n) is 8.61. The van der Waals surface area contributed by atoms with Gasteiger partial charge in [0.15, 0.2) is 0 Å². The van der Waals surface area contributed by atoms with Crippen LogP contribution in [-0.2, 0) is 14.8 Å². The highest BCUT2D eigenvalue weighted by molar-refractivity contribution is 7.92.